The van der Waals surface area contributed by atoms with E-state index in [0.717, 1.165) is 32.8 Å². The highest BCUT2D eigenvalue weighted by atomic mass is 32.1. The Labute approximate surface area is 174 Å². The minimum atomic E-state index is -0.329. The molecule has 0 radical (unpaired) electrons. The van der Waals surface area contributed by atoms with E-state index in [0.29, 0.717) is 17.0 Å². The third kappa shape index (κ3) is 3.49. The van der Waals surface area contributed by atoms with Crippen LogP contribution in [-0.4, -0.2) is 11.8 Å². The fourth-order valence-electron chi connectivity index (χ4n) is 3.76. The lowest BCUT2D eigenvalue weighted by molar-refractivity contribution is -0.120. The first-order chi connectivity index (χ1) is 13.8. The van der Waals surface area contributed by atoms with Gasteiger partial charge in [0.25, 0.3) is 11.8 Å². The molecule has 2 aromatic carbocycles. The van der Waals surface area contributed by atoms with Crippen LogP contribution in [0.15, 0.2) is 59.6 Å². The normalized spacial score (nSPS) is 14.1. The summed E-state index contributed by atoms with van der Waals surface area (Å²) in [6.45, 7) is 7.93. The molecule has 1 N–H and O–H groups in total. The van der Waals surface area contributed by atoms with Crippen molar-refractivity contribution in [3.05, 3.63) is 86.7 Å². The molecule has 29 heavy (non-hydrogen) atoms. The van der Waals surface area contributed by atoms with Crippen LogP contribution >= 0.6 is 11.3 Å². The number of amides is 2. The Balaban J connectivity index is 1.82. The van der Waals surface area contributed by atoms with E-state index in [1.165, 1.54) is 16.2 Å². The monoisotopic (exact) mass is 402 g/mol. The number of aryl methyl sites for hydroxylation is 4. The Morgan fingerprint density at radius 2 is 1.55 bits per heavy atom. The van der Waals surface area contributed by atoms with Crippen LogP contribution < -0.4 is 10.2 Å². The summed E-state index contributed by atoms with van der Waals surface area (Å²) in [6, 6.07) is 15.5. The molecule has 4 nitrogen and oxygen atoms in total. The van der Waals surface area contributed by atoms with Crippen LogP contribution in [0.1, 0.15) is 27.1 Å². The Morgan fingerprint density at radius 1 is 0.828 bits per heavy atom. The van der Waals surface area contributed by atoms with Crippen LogP contribution in [0.3, 0.4) is 0 Å². The first-order valence-electron chi connectivity index (χ1n) is 9.44. The summed E-state index contributed by atoms with van der Waals surface area (Å²) in [6.07, 6.45) is 0. The molecule has 5 heteroatoms. The average Bonchev–Trinajstić information content (AvgIpc) is 3.23. The molecule has 0 spiro atoms. The van der Waals surface area contributed by atoms with E-state index in [-0.39, 0.29) is 11.8 Å². The fourth-order valence-corrected chi connectivity index (χ4v) is 4.53. The van der Waals surface area contributed by atoms with Crippen LogP contribution in [0.4, 0.5) is 11.4 Å². The number of rotatable bonds is 4. The van der Waals surface area contributed by atoms with Crippen LogP contribution in [0.25, 0.3) is 5.57 Å². The van der Waals surface area contributed by atoms with Gasteiger partial charge in [0, 0.05) is 10.6 Å². The quantitative estimate of drug-likeness (QED) is 0.596. The van der Waals surface area contributed by atoms with Gasteiger partial charge in [0.05, 0.1) is 11.3 Å². The highest BCUT2D eigenvalue weighted by molar-refractivity contribution is 7.11. The van der Waals surface area contributed by atoms with Gasteiger partial charge in [-0.25, -0.2) is 4.90 Å². The number of nitrogens with zero attached hydrogens (tertiary/aromatic N) is 1. The molecule has 0 atom stereocenters. The molecule has 146 valence electrons. The molecule has 4 rings (SSSR count). The van der Waals surface area contributed by atoms with E-state index in [1.54, 1.807) is 0 Å². The predicted octanol–water partition coefficient (Wildman–Crippen LogP) is 5.38. The summed E-state index contributed by atoms with van der Waals surface area (Å²) in [4.78, 5) is 28.9. The summed E-state index contributed by atoms with van der Waals surface area (Å²) in [5.74, 6) is -0.624. The van der Waals surface area contributed by atoms with E-state index < -0.39 is 0 Å². The first kappa shape index (κ1) is 19.2. The molecule has 3 aromatic rings. The number of hydrogen-bond donors (Lipinski definition) is 1. The van der Waals surface area contributed by atoms with Gasteiger partial charge in [0.2, 0.25) is 0 Å². The lowest BCUT2D eigenvalue weighted by Crippen LogP contribution is -2.33. The summed E-state index contributed by atoms with van der Waals surface area (Å²) in [5, 5.41) is 5.16. The standard InChI is InChI=1S/C24H22N2O2S/c1-14-7-8-19(17(4)11-14)26-23(27)21(20-6-5-9-29-20)22(24(26)28)25-18-12-15(2)10-16(3)13-18/h5-13,25H,1-4H3. The van der Waals surface area contributed by atoms with Crippen molar-refractivity contribution in [2.24, 2.45) is 0 Å². The molecule has 0 bridgehead atoms. The van der Waals surface area contributed by atoms with Crippen LogP contribution in [0, 0.1) is 27.7 Å². The largest absolute Gasteiger partial charge is 0.350 e. The zero-order valence-corrected chi connectivity index (χ0v) is 17.7. The molecule has 0 saturated heterocycles. The van der Waals surface area contributed by atoms with Crippen molar-refractivity contribution in [1.29, 1.82) is 0 Å². The lowest BCUT2D eigenvalue weighted by atomic mass is 10.1. The lowest BCUT2D eigenvalue weighted by Gasteiger charge is -2.18. The van der Waals surface area contributed by atoms with Crippen LogP contribution in [0.5, 0.6) is 0 Å². The molecule has 0 saturated carbocycles. The zero-order chi connectivity index (χ0) is 20.7. The van der Waals surface area contributed by atoms with Gasteiger partial charge in [-0.3, -0.25) is 9.59 Å². The SMILES string of the molecule is Cc1cc(C)cc(NC2=C(c3cccs3)C(=O)N(c3ccc(C)cc3C)C2=O)c1. The second-order valence-corrected chi connectivity index (χ2v) is 8.41. The third-order valence-electron chi connectivity index (χ3n) is 4.94. The number of nitrogens with one attached hydrogen (secondary N) is 1. The summed E-state index contributed by atoms with van der Waals surface area (Å²) in [5.41, 5.74) is 6.33. The number of carbonyl (C=O) groups is 2. The minimum absolute atomic E-state index is 0.295. The first-order valence-corrected chi connectivity index (χ1v) is 10.3. The molecule has 1 aromatic heterocycles. The Bertz CT molecular complexity index is 1140. The maximum absolute atomic E-state index is 13.4. The second-order valence-electron chi connectivity index (χ2n) is 7.46. The highest BCUT2D eigenvalue weighted by Crippen LogP contribution is 2.36. The van der Waals surface area contributed by atoms with E-state index >= 15 is 0 Å². The van der Waals surface area contributed by atoms with Gasteiger partial charge in [0.15, 0.2) is 0 Å². The maximum atomic E-state index is 13.4. The van der Waals surface area contributed by atoms with Crippen molar-refractivity contribution < 1.29 is 9.59 Å². The Hall–Kier alpha value is -3.18. The second kappa shape index (κ2) is 7.33. The van der Waals surface area contributed by atoms with E-state index in [4.69, 9.17) is 0 Å². The summed E-state index contributed by atoms with van der Waals surface area (Å²) in [7, 11) is 0. The molecule has 1 aliphatic rings. The smallest absolute Gasteiger partial charge is 0.282 e. The molecular weight excluding hydrogens is 380 g/mol. The van der Waals surface area contributed by atoms with E-state index in [2.05, 4.69) is 11.4 Å². The number of carbonyl (C=O) groups excluding carboxylic acids is 2. The fraction of sp³-hybridized carbons (Fsp3) is 0.167. The van der Waals surface area contributed by atoms with Crippen LogP contribution in [-0.2, 0) is 9.59 Å². The minimum Gasteiger partial charge on any atom is -0.350 e. The molecular formula is C24H22N2O2S. The van der Waals surface area contributed by atoms with E-state index in [1.807, 2.05) is 75.5 Å². The van der Waals surface area contributed by atoms with Gasteiger partial charge in [0.1, 0.15) is 5.70 Å². The number of imide groups is 1. The molecule has 2 amide bonds. The predicted molar refractivity (Wildman–Crippen MR) is 119 cm³/mol. The van der Waals surface area contributed by atoms with Gasteiger partial charge in [-0.15, -0.1) is 11.3 Å². The van der Waals surface area contributed by atoms with Crippen molar-refractivity contribution in [2.75, 3.05) is 10.2 Å². The van der Waals surface area contributed by atoms with Crippen molar-refractivity contribution in [3.8, 4) is 0 Å². The van der Waals surface area contributed by atoms with Crippen LogP contribution in [0.2, 0.25) is 0 Å². The van der Waals surface area contributed by atoms with Crippen molar-refractivity contribution in [1.82, 2.24) is 0 Å². The van der Waals surface area contributed by atoms with Crippen molar-refractivity contribution >= 4 is 40.1 Å². The van der Waals surface area contributed by atoms with Crippen molar-refractivity contribution in [3.63, 3.8) is 0 Å². The number of anilines is 2. The molecule has 2 heterocycles. The number of thiophene rings is 1. The van der Waals surface area contributed by atoms with Gasteiger partial charge < -0.3 is 5.32 Å². The third-order valence-corrected chi connectivity index (χ3v) is 5.82. The summed E-state index contributed by atoms with van der Waals surface area (Å²) >= 11 is 1.45. The molecule has 0 unspecified atom stereocenters. The average molecular weight is 403 g/mol. The van der Waals surface area contributed by atoms with Gasteiger partial charge in [-0.05, 0) is 74.0 Å². The van der Waals surface area contributed by atoms with E-state index in [9.17, 15) is 9.59 Å². The molecule has 0 fully saturated rings. The Kier molecular flexibility index (Phi) is 4.84. The summed E-state index contributed by atoms with van der Waals surface area (Å²) < 4.78 is 0. The maximum Gasteiger partial charge on any atom is 0.282 e. The molecule has 1 aliphatic heterocycles. The number of benzene rings is 2. The number of hydrogen-bond acceptors (Lipinski definition) is 4. The van der Waals surface area contributed by atoms with Gasteiger partial charge >= 0.3 is 0 Å². The van der Waals surface area contributed by atoms with Gasteiger partial charge in [-0.2, -0.15) is 0 Å². The topological polar surface area (TPSA) is 49.4 Å². The van der Waals surface area contributed by atoms with Gasteiger partial charge in [-0.1, -0.05) is 29.8 Å². The molecule has 0 aliphatic carbocycles. The van der Waals surface area contributed by atoms with Crippen molar-refractivity contribution in [2.45, 2.75) is 27.7 Å². The highest BCUT2D eigenvalue weighted by Gasteiger charge is 2.41. The Morgan fingerprint density at radius 3 is 2.17 bits per heavy atom. The zero-order valence-electron chi connectivity index (χ0n) is 16.9.